The van der Waals surface area contributed by atoms with Crippen molar-refractivity contribution in [2.45, 2.75) is 45.8 Å². The van der Waals surface area contributed by atoms with Gasteiger partial charge < -0.3 is 9.64 Å². The first-order chi connectivity index (χ1) is 9.19. The summed E-state index contributed by atoms with van der Waals surface area (Å²) in [5.74, 6) is 0.317. The maximum absolute atomic E-state index is 12.2. The molecule has 0 radical (unpaired) electrons. The van der Waals surface area contributed by atoms with Gasteiger partial charge in [0.2, 0.25) is 10.0 Å². The first-order valence-electron chi connectivity index (χ1n) is 7.06. The molecule has 7 heteroatoms. The Kier molecular flexibility index (Phi) is 6.42. The molecule has 2 atom stereocenters. The third-order valence-corrected chi connectivity index (χ3v) is 3.90. The number of sulfonamides is 1. The molecule has 0 spiro atoms. The molecule has 0 saturated carbocycles. The van der Waals surface area contributed by atoms with Crippen LogP contribution in [0.25, 0.3) is 0 Å². The minimum absolute atomic E-state index is 0.0642. The molecule has 0 aliphatic carbocycles. The Bertz CT molecular complexity index is 422. The predicted octanol–water partition coefficient (Wildman–Crippen LogP) is 0.588. The van der Waals surface area contributed by atoms with Gasteiger partial charge in [-0.2, -0.15) is 0 Å². The zero-order valence-electron chi connectivity index (χ0n) is 12.8. The number of hydrogen-bond acceptors (Lipinski definition) is 4. The number of rotatable bonds is 6. The van der Waals surface area contributed by atoms with Crippen molar-refractivity contribution in [3.05, 3.63) is 0 Å². The second kappa shape index (κ2) is 7.38. The Balaban J connectivity index is 2.51. The zero-order valence-corrected chi connectivity index (χ0v) is 13.6. The van der Waals surface area contributed by atoms with Gasteiger partial charge in [0.15, 0.2) is 0 Å². The fraction of sp³-hybridized carbons (Fsp3) is 0.923. The Morgan fingerprint density at radius 2 is 2.05 bits per heavy atom. The molecule has 0 aromatic heterocycles. The van der Waals surface area contributed by atoms with E-state index >= 15 is 0 Å². The summed E-state index contributed by atoms with van der Waals surface area (Å²) in [7, 11) is -3.23. The second-order valence-electron chi connectivity index (χ2n) is 5.88. The lowest BCUT2D eigenvalue weighted by atomic mass is 10.1. The molecule has 1 fully saturated rings. The lowest BCUT2D eigenvalue weighted by Gasteiger charge is -2.34. The maximum Gasteiger partial charge on any atom is 0.251 e. The molecule has 1 rings (SSSR count). The fourth-order valence-corrected chi connectivity index (χ4v) is 3.04. The van der Waals surface area contributed by atoms with Crippen LogP contribution in [0.1, 0.15) is 33.6 Å². The molecular weight excluding hydrogens is 280 g/mol. The Hall–Kier alpha value is -0.660. The first kappa shape index (κ1) is 17.4. The van der Waals surface area contributed by atoms with E-state index in [0.29, 0.717) is 25.6 Å². The van der Waals surface area contributed by atoms with Crippen molar-refractivity contribution >= 4 is 15.9 Å². The molecule has 1 aliphatic rings. The third kappa shape index (κ3) is 6.19. The van der Waals surface area contributed by atoms with Crippen LogP contribution >= 0.6 is 0 Å². The summed E-state index contributed by atoms with van der Waals surface area (Å²) in [5.41, 5.74) is 0. The SMILES string of the molecule is CC(C)CO[C@@H](C)C(=O)N1CCC[C@H](NS(C)(=O)=O)C1. The molecule has 0 bridgehead atoms. The standard InChI is InChI=1S/C13H26N2O4S/c1-10(2)9-19-11(3)13(16)15-7-5-6-12(8-15)14-20(4,17)18/h10-12,14H,5-9H2,1-4H3/t11-,12-/m0/s1. The van der Waals surface area contributed by atoms with Gasteiger partial charge >= 0.3 is 0 Å². The van der Waals surface area contributed by atoms with Gasteiger partial charge in [0.1, 0.15) is 6.10 Å². The smallest absolute Gasteiger partial charge is 0.251 e. The van der Waals surface area contributed by atoms with Crippen LogP contribution in [0, 0.1) is 5.92 Å². The minimum Gasteiger partial charge on any atom is -0.368 e. The van der Waals surface area contributed by atoms with Crippen LogP contribution in [-0.4, -0.2) is 57.3 Å². The third-order valence-electron chi connectivity index (χ3n) is 3.14. The summed E-state index contributed by atoms with van der Waals surface area (Å²) in [4.78, 5) is 13.9. The first-order valence-corrected chi connectivity index (χ1v) is 8.96. The molecular formula is C13H26N2O4S. The quantitative estimate of drug-likeness (QED) is 0.779. The molecule has 1 saturated heterocycles. The molecule has 20 heavy (non-hydrogen) atoms. The zero-order chi connectivity index (χ0) is 15.3. The lowest BCUT2D eigenvalue weighted by Crippen LogP contribution is -2.51. The Morgan fingerprint density at radius 1 is 1.40 bits per heavy atom. The van der Waals surface area contributed by atoms with E-state index in [0.717, 1.165) is 19.1 Å². The molecule has 118 valence electrons. The Labute approximate surface area is 121 Å². The topological polar surface area (TPSA) is 75.7 Å². The molecule has 1 N–H and O–H groups in total. The molecule has 1 amide bonds. The Morgan fingerprint density at radius 3 is 2.60 bits per heavy atom. The van der Waals surface area contributed by atoms with E-state index in [9.17, 15) is 13.2 Å². The number of nitrogens with zero attached hydrogens (tertiary/aromatic N) is 1. The van der Waals surface area contributed by atoms with Crippen LogP contribution in [0.2, 0.25) is 0 Å². The summed E-state index contributed by atoms with van der Waals surface area (Å²) in [6, 6.07) is -0.194. The van der Waals surface area contributed by atoms with Gasteiger partial charge in [-0.05, 0) is 25.7 Å². The summed E-state index contributed by atoms with van der Waals surface area (Å²) < 4.78 is 30.6. The monoisotopic (exact) mass is 306 g/mol. The van der Waals surface area contributed by atoms with Crippen molar-refractivity contribution in [3.63, 3.8) is 0 Å². The van der Waals surface area contributed by atoms with Crippen molar-refractivity contribution < 1.29 is 17.9 Å². The van der Waals surface area contributed by atoms with E-state index in [4.69, 9.17) is 4.74 Å². The van der Waals surface area contributed by atoms with Gasteiger partial charge in [-0.15, -0.1) is 0 Å². The van der Waals surface area contributed by atoms with Crippen LogP contribution in [-0.2, 0) is 19.6 Å². The minimum atomic E-state index is -3.23. The van der Waals surface area contributed by atoms with Gasteiger partial charge in [-0.25, -0.2) is 13.1 Å². The van der Waals surface area contributed by atoms with Crippen molar-refractivity contribution in [1.29, 1.82) is 0 Å². The lowest BCUT2D eigenvalue weighted by molar-refractivity contribution is -0.144. The second-order valence-corrected chi connectivity index (χ2v) is 7.66. The summed E-state index contributed by atoms with van der Waals surface area (Å²) in [5, 5.41) is 0. The van der Waals surface area contributed by atoms with Gasteiger partial charge in [0.05, 0.1) is 6.26 Å². The number of ether oxygens (including phenoxy) is 1. The van der Waals surface area contributed by atoms with Crippen molar-refractivity contribution in [1.82, 2.24) is 9.62 Å². The number of amides is 1. The largest absolute Gasteiger partial charge is 0.368 e. The fourth-order valence-electron chi connectivity index (χ4n) is 2.24. The molecule has 1 aliphatic heterocycles. The molecule has 0 unspecified atom stereocenters. The van der Waals surface area contributed by atoms with Gasteiger partial charge in [-0.3, -0.25) is 4.79 Å². The highest BCUT2D eigenvalue weighted by molar-refractivity contribution is 7.88. The van der Waals surface area contributed by atoms with E-state index in [1.807, 2.05) is 13.8 Å². The highest BCUT2D eigenvalue weighted by Gasteiger charge is 2.28. The van der Waals surface area contributed by atoms with Crippen molar-refractivity contribution in [2.75, 3.05) is 26.0 Å². The maximum atomic E-state index is 12.2. The van der Waals surface area contributed by atoms with E-state index in [1.165, 1.54) is 0 Å². The van der Waals surface area contributed by atoms with Crippen LogP contribution in [0.4, 0.5) is 0 Å². The van der Waals surface area contributed by atoms with Crippen LogP contribution in [0.5, 0.6) is 0 Å². The predicted molar refractivity (Wildman–Crippen MR) is 77.8 cm³/mol. The van der Waals surface area contributed by atoms with Crippen LogP contribution in [0.3, 0.4) is 0 Å². The van der Waals surface area contributed by atoms with Crippen molar-refractivity contribution in [2.24, 2.45) is 5.92 Å². The summed E-state index contributed by atoms with van der Waals surface area (Å²) >= 11 is 0. The van der Waals surface area contributed by atoms with Crippen LogP contribution < -0.4 is 4.72 Å². The average molecular weight is 306 g/mol. The normalized spacial score (nSPS) is 22.1. The van der Waals surface area contributed by atoms with E-state index < -0.39 is 16.1 Å². The summed E-state index contributed by atoms with van der Waals surface area (Å²) in [6.07, 6.45) is 2.23. The van der Waals surface area contributed by atoms with E-state index in [2.05, 4.69) is 4.72 Å². The molecule has 0 aromatic rings. The number of carbonyl (C=O) groups is 1. The molecule has 6 nitrogen and oxygen atoms in total. The van der Waals surface area contributed by atoms with Gasteiger partial charge in [0.25, 0.3) is 5.91 Å². The highest BCUT2D eigenvalue weighted by Crippen LogP contribution is 2.13. The van der Waals surface area contributed by atoms with E-state index in [1.54, 1.807) is 11.8 Å². The highest BCUT2D eigenvalue weighted by atomic mass is 32.2. The number of piperidine rings is 1. The number of likely N-dealkylation sites (tertiary alicyclic amines) is 1. The van der Waals surface area contributed by atoms with Gasteiger partial charge in [0, 0.05) is 25.7 Å². The number of carbonyl (C=O) groups excluding carboxylic acids is 1. The molecule has 0 aromatic carbocycles. The number of hydrogen-bond donors (Lipinski definition) is 1. The van der Waals surface area contributed by atoms with Crippen LogP contribution in [0.15, 0.2) is 0 Å². The van der Waals surface area contributed by atoms with E-state index in [-0.39, 0.29) is 11.9 Å². The number of nitrogens with one attached hydrogen (secondary N) is 1. The summed E-state index contributed by atoms with van der Waals surface area (Å²) in [6.45, 7) is 7.44. The molecule has 1 heterocycles. The average Bonchev–Trinajstić information content (AvgIpc) is 2.33. The van der Waals surface area contributed by atoms with Gasteiger partial charge in [-0.1, -0.05) is 13.8 Å². The van der Waals surface area contributed by atoms with Crippen molar-refractivity contribution in [3.8, 4) is 0 Å².